The van der Waals surface area contributed by atoms with Crippen LogP contribution in [-0.4, -0.2) is 15.2 Å². The van der Waals surface area contributed by atoms with E-state index in [-0.39, 0.29) is 0 Å². The average Bonchev–Trinajstić information content (AvgIpc) is 2.67. The van der Waals surface area contributed by atoms with Gasteiger partial charge in [-0.3, -0.25) is 5.10 Å². The first-order valence-corrected chi connectivity index (χ1v) is 5.93. The SMILES string of the molecule is CC(C)c1nc(-c2ccccc2I)n[nH]1. The molecule has 4 heteroatoms. The third kappa shape index (κ3) is 2.19. The van der Waals surface area contributed by atoms with Gasteiger partial charge in [0.15, 0.2) is 5.82 Å². The lowest BCUT2D eigenvalue weighted by atomic mass is 10.2. The minimum Gasteiger partial charge on any atom is -0.262 e. The number of halogens is 1. The first kappa shape index (κ1) is 10.6. The fraction of sp³-hybridized carbons (Fsp3) is 0.273. The van der Waals surface area contributed by atoms with Crippen molar-refractivity contribution in [2.75, 3.05) is 0 Å². The largest absolute Gasteiger partial charge is 0.262 e. The van der Waals surface area contributed by atoms with Crippen molar-refractivity contribution in [3.8, 4) is 11.4 Å². The van der Waals surface area contributed by atoms with Crippen LogP contribution in [0.1, 0.15) is 25.6 Å². The fourth-order valence-corrected chi connectivity index (χ4v) is 1.92. The molecule has 0 aliphatic heterocycles. The van der Waals surface area contributed by atoms with Crippen molar-refractivity contribution < 1.29 is 0 Å². The van der Waals surface area contributed by atoms with Gasteiger partial charge in [-0.05, 0) is 28.7 Å². The lowest BCUT2D eigenvalue weighted by Crippen LogP contribution is -1.89. The Morgan fingerprint density at radius 1 is 1.27 bits per heavy atom. The zero-order chi connectivity index (χ0) is 10.8. The quantitative estimate of drug-likeness (QED) is 0.865. The molecule has 1 aromatic carbocycles. The van der Waals surface area contributed by atoms with Gasteiger partial charge in [0.25, 0.3) is 0 Å². The predicted octanol–water partition coefficient (Wildman–Crippen LogP) is 3.20. The topological polar surface area (TPSA) is 41.6 Å². The molecule has 0 unspecified atom stereocenters. The monoisotopic (exact) mass is 313 g/mol. The molecular formula is C11H12IN3. The molecule has 1 N–H and O–H groups in total. The van der Waals surface area contributed by atoms with E-state index in [1.165, 1.54) is 3.57 Å². The summed E-state index contributed by atoms with van der Waals surface area (Å²) in [7, 11) is 0. The summed E-state index contributed by atoms with van der Waals surface area (Å²) in [5.74, 6) is 2.10. The molecule has 0 radical (unpaired) electrons. The van der Waals surface area contributed by atoms with Crippen molar-refractivity contribution in [1.82, 2.24) is 15.2 Å². The Labute approximate surface area is 102 Å². The molecule has 0 spiro atoms. The first-order valence-electron chi connectivity index (χ1n) is 4.85. The third-order valence-electron chi connectivity index (χ3n) is 2.16. The molecule has 0 saturated carbocycles. The summed E-state index contributed by atoms with van der Waals surface area (Å²) in [6.45, 7) is 4.19. The molecule has 1 aromatic heterocycles. The van der Waals surface area contributed by atoms with Gasteiger partial charge in [0.2, 0.25) is 0 Å². The Morgan fingerprint density at radius 2 is 2.00 bits per heavy atom. The number of benzene rings is 1. The van der Waals surface area contributed by atoms with Crippen LogP contribution in [0.2, 0.25) is 0 Å². The molecule has 0 bridgehead atoms. The highest BCUT2D eigenvalue weighted by Crippen LogP contribution is 2.22. The predicted molar refractivity (Wildman–Crippen MR) is 68.6 cm³/mol. The molecular weight excluding hydrogens is 301 g/mol. The molecule has 1 heterocycles. The van der Waals surface area contributed by atoms with Crippen LogP contribution in [0.25, 0.3) is 11.4 Å². The Hall–Kier alpha value is -0.910. The van der Waals surface area contributed by atoms with Crippen molar-refractivity contribution in [3.63, 3.8) is 0 Å². The molecule has 0 fully saturated rings. The maximum Gasteiger partial charge on any atom is 0.182 e. The summed E-state index contributed by atoms with van der Waals surface area (Å²) in [5.41, 5.74) is 1.08. The maximum absolute atomic E-state index is 4.47. The number of hydrogen-bond acceptors (Lipinski definition) is 2. The summed E-state index contributed by atoms with van der Waals surface area (Å²) in [4.78, 5) is 4.47. The van der Waals surface area contributed by atoms with Gasteiger partial charge in [-0.1, -0.05) is 32.0 Å². The van der Waals surface area contributed by atoms with Crippen molar-refractivity contribution >= 4 is 22.6 Å². The second-order valence-corrected chi connectivity index (χ2v) is 4.84. The van der Waals surface area contributed by atoms with Crippen LogP contribution in [0.5, 0.6) is 0 Å². The number of rotatable bonds is 2. The fourth-order valence-electron chi connectivity index (χ4n) is 1.30. The summed E-state index contributed by atoms with van der Waals surface area (Å²) in [6.07, 6.45) is 0. The van der Waals surface area contributed by atoms with E-state index in [0.717, 1.165) is 17.2 Å². The summed E-state index contributed by atoms with van der Waals surface area (Å²) >= 11 is 2.30. The van der Waals surface area contributed by atoms with Gasteiger partial charge in [-0.2, -0.15) is 5.10 Å². The third-order valence-corrected chi connectivity index (χ3v) is 3.11. The van der Waals surface area contributed by atoms with E-state index in [0.29, 0.717) is 5.92 Å². The van der Waals surface area contributed by atoms with Gasteiger partial charge in [0.05, 0.1) is 0 Å². The van der Waals surface area contributed by atoms with Gasteiger partial charge in [0, 0.05) is 15.1 Å². The average molecular weight is 313 g/mol. The molecule has 0 saturated heterocycles. The molecule has 0 amide bonds. The summed E-state index contributed by atoms with van der Waals surface area (Å²) < 4.78 is 1.17. The van der Waals surface area contributed by atoms with E-state index in [9.17, 15) is 0 Å². The summed E-state index contributed by atoms with van der Waals surface area (Å²) in [5, 5.41) is 7.19. The Bertz CT molecular complexity index is 462. The van der Waals surface area contributed by atoms with Crippen LogP contribution in [0.15, 0.2) is 24.3 Å². The zero-order valence-corrected chi connectivity index (χ0v) is 10.8. The Balaban J connectivity index is 2.42. The second-order valence-electron chi connectivity index (χ2n) is 3.68. The summed E-state index contributed by atoms with van der Waals surface area (Å²) in [6, 6.07) is 8.11. The van der Waals surface area contributed by atoms with E-state index in [1.807, 2.05) is 18.2 Å². The van der Waals surface area contributed by atoms with Gasteiger partial charge in [-0.25, -0.2) is 4.98 Å². The molecule has 3 nitrogen and oxygen atoms in total. The molecule has 0 atom stereocenters. The van der Waals surface area contributed by atoms with Crippen LogP contribution < -0.4 is 0 Å². The van der Waals surface area contributed by atoms with Crippen LogP contribution in [0.3, 0.4) is 0 Å². The second kappa shape index (κ2) is 4.30. The van der Waals surface area contributed by atoms with Crippen LogP contribution in [0, 0.1) is 3.57 Å². The highest BCUT2D eigenvalue weighted by atomic mass is 127. The first-order chi connectivity index (χ1) is 7.18. The highest BCUT2D eigenvalue weighted by molar-refractivity contribution is 14.1. The Kier molecular flexibility index (Phi) is 3.04. The lowest BCUT2D eigenvalue weighted by Gasteiger charge is -1.98. The minimum absolute atomic E-state index is 0.382. The van der Waals surface area contributed by atoms with Gasteiger partial charge >= 0.3 is 0 Å². The van der Waals surface area contributed by atoms with Crippen LogP contribution in [-0.2, 0) is 0 Å². The molecule has 15 heavy (non-hydrogen) atoms. The number of aromatic nitrogens is 3. The molecule has 0 aliphatic carbocycles. The number of aromatic amines is 1. The van der Waals surface area contributed by atoms with Crippen LogP contribution >= 0.6 is 22.6 Å². The Morgan fingerprint density at radius 3 is 2.60 bits per heavy atom. The number of H-pyrrole nitrogens is 1. The van der Waals surface area contributed by atoms with Gasteiger partial charge in [-0.15, -0.1) is 0 Å². The molecule has 2 rings (SSSR count). The van der Waals surface area contributed by atoms with E-state index in [1.54, 1.807) is 0 Å². The number of nitrogens with zero attached hydrogens (tertiary/aromatic N) is 2. The van der Waals surface area contributed by atoms with Gasteiger partial charge < -0.3 is 0 Å². The molecule has 2 aromatic rings. The normalized spacial score (nSPS) is 10.9. The van der Waals surface area contributed by atoms with Crippen molar-refractivity contribution in [3.05, 3.63) is 33.7 Å². The number of nitrogens with one attached hydrogen (secondary N) is 1. The highest BCUT2D eigenvalue weighted by Gasteiger charge is 2.10. The maximum atomic E-state index is 4.47. The van der Waals surface area contributed by atoms with Crippen molar-refractivity contribution in [2.24, 2.45) is 0 Å². The van der Waals surface area contributed by atoms with Crippen LogP contribution in [0.4, 0.5) is 0 Å². The molecule has 78 valence electrons. The van der Waals surface area contributed by atoms with E-state index in [4.69, 9.17) is 0 Å². The minimum atomic E-state index is 0.382. The molecule has 0 aliphatic rings. The van der Waals surface area contributed by atoms with Crippen molar-refractivity contribution in [2.45, 2.75) is 19.8 Å². The van der Waals surface area contributed by atoms with E-state index in [2.05, 4.69) is 57.7 Å². The van der Waals surface area contributed by atoms with E-state index < -0.39 is 0 Å². The standard InChI is InChI=1S/C11H12IN3/c1-7(2)10-13-11(15-14-10)8-5-3-4-6-9(8)12/h3-7H,1-2H3,(H,13,14,15). The smallest absolute Gasteiger partial charge is 0.182 e. The number of hydrogen-bond donors (Lipinski definition) is 1. The van der Waals surface area contributed by atoms with Crippen molar-refractivity contribution in [1.29, 1.82) is 0 Å². The van der Waals surface area contributed by atoms with E-state index >= 15 is 0 Å². The lowest BCUT2D eigenvalue weighted by molar-refractivity contribution is 0.781. The zero-order valence-electron chi connectivity index (χ0n) is 8.66. The van der Waals surface area contributed by atoms with Gasteiger partial charge in [0.1, 0.15) is 5.82 Å².